The lowest BCUT2D eigenvalue weighted by atomic mass is 10.1. The molecule has 0 saturated carbocycles. The minimum Gasteiger partial charge on any atom is -0.486 e. The predicted molar refractivity (Wildman–Crippen MR) is 147 cm³/mol. The first-order valence-corrected chi connectivity index (χ1v) is 13.3. The zero-order valence-corrected chi connectivity index (χ0v) is 23.2. The molecule has 0 fully saturated rings. The highest BCUT2D eigenvalue weighted by Gasteiger charge is 2.38. The molecule has 1 heterocycles. The molecule has 4 rings (SSSR count). The van der Waals surface area contributed by atoms with Crippen LogP contribution in [-0.4, -0.2) is 54.4 Å². The van der Waals surface area contributed by atoms with Crippen molar-refractivity contribution in [3.05, 3.63) is 89.5 Å². The fraction of sp³-hybridized carbons (Fsp3) is 0.267. The number of anilines is 2. The van der Waals surface area contributed by atoms with Crippen LogP contribution in [0.2, 0.25) is 0 Å². The zero-order valence-electron chi connectivity index (χ0n) is 23.2. The molecule has 9 nitrogen and oxygen atoms in total. The highest BCUT2D eigenvalue weighted by Crippen LogP contribution is 2.38. The van der Waals surface area contributed by atoms with E-state index < -0.39 is 78.4 Å². The molecule has 2 N–H and O–H groups in total. The summed E-state index contributed by atoms with van der Waals surface area (Å²) in [4.78, 5) is 53.2. The molecule has 15 heteroatoms. The van der Waals surface area contributed by atoms with E-state index in [4.69, 9.17) is 4.74 Å². The van der Waals surface area contributed by atoms with Gasteiger partial charge in [-0.3, -0.25) is 24.1 Å². The van der Waals surface area contributed by atoms with E-state index in [0.29, 0.717) is 17.9 Å². The molecule has 1 aliphatic rings. The maximum atomic E-state index is 13.1. The summed E-state index contributed by atoms with van der Waals surface area (Å²) in [5.41, 5.74) is -1.40. The van der Waals surface area contributed by atoms with Gasteiger partial charge in [-0.25, -0.2) is 0 Å². The number of hydrogen-bond acceptors (Lipinski definition) is 6. The van der Waals surface area contributed by atoms with Crippen LogP contribution in [0.25, 0.3) is 0 Å². The number of para-hydroxylation sites is 2. The third kappa shape index (κ3) is 8.52. The number of aliphatic carboxylic acids is 1. The number of rotatable bonds is 11. The van der Waals surface area contributed by atoms with Crippen molar-refractivity contribution in [2.45, 2.75) is 31.4 Å². The van der Waals surface area contributed by atoms with Crippen molar-refractivity contribution in [3.63, 3.8) is 0 Å². The van der Waals surface area contributed by atoms with Gasteiger partial charge in [-0.15, -0.1) is 0 Å². The average Bonchev–Trinajstić information content (AvgIpc) is 2.97. The van der Waals surface area contributed by atoms with Gasteiger partial charge in [0.2, 0.25) is 11.8 Å². The Morgan fingerprint density at radius 2 is 1.44 bits per heavy atom. The Morgan fingerprint density at radius 1 is 0.867 bits per heavy atom. The summed E-state index contributed by atoms with van der Waals surface area (Å²) in [5, 5.41) is 11.5. The number of Topliss-reactive ketones (excluding diaryl/α,β-unsaturated/α-hetero) is 1. The standard InChI is InChI=1S/C30H25F6N3O6/c31-29(32,33)19-10-20(30(34,35)36)12-21(11-19)45-17-25(40)22(13-28(43)44)37-26(41)15-39-24-9-5-4-8-23(24)38(16-27(39)42)14-18-6-2-1-3-7-18/h1-12,22H,13-17H2,(H,37,41)(H,43,44). The smallest absolute Gasteiger partial charge is 0.416 e. The van der Waals surface area contributed by atoms with Crippen molar-refractivity contribution in [2.24, 2.45) is 0 Å². The molecule has 0 saturated heterocycles. The summed E-state index contributed by atoms with van der Waals surface area (Å²) < 4.78 is 83.8. The summed E-state index contributed by atoms with van der Waals surface area (Å²) in [6.45, 7) is -1.46. The van der Waals surface area contributed by atoms with Crippen LogP contribution in [0, 0.1) is 0 Å². The highest BCUT2D eigenvalue weighted by atomic mass is 19.4. The third-order valence-electron chi connectivity index (χ3n) is 6.70. The highest BCUT2D eigenvalue weighted by molar-refractivity contribution is 6.06. The number of alkyl halides is 6. The molecule has 3 aromatic rings. The molecule has 238 valence electrons. The quantitative estimate of drug-likeness (QED) is 0.293. The Labute approximate surface area is 252 Å². The molecule has 1 unspecified atom stereocenters. The van der Waals surface area contributed by atoms with E-state index in [9.17, 15) is 50.6 Å². The van der Waals surface area contributed by atoms with E-state index in [0.717, 1.165) is 10.5 Å². The first kappa shape index (κ1) is 32.8. The summed E-state index contributed by atoms with van der Waals surface area (Å²) in [6.07, 6.45) is -11.3. The molecule has 3 aromatic carbocycles. The third-order valence-corrected chi connectivity index (χ3v) is 6.70. The summed E-state index contributed by atoms with van der Waals surface area (Å²) in [5.74, 6) is -5.03. The van der Waals surface area contributed by atoms with Gasteiger partial charge < -0.3 is 20.1 Å². The molecule has 1 aliphatic heterocycles. The molecule has 0 aromatic heterocycles. The van der Waals surface area contributed by atoms with Gasteiger partial charge in [-0.1, -0.05) is 42.5 Å². The van der Waals surface area contributed by atoms with Crippen LogP contribution in [0.3, 0.4) is 0 Å². The van der Waals surface area contributed by atoms with Gasteiger partial charge in [0.05, 0.1) is 35.5 Å². The van der Waals surface area contributed by atoms with Crippen LogP contribution in [-0.2, 0) is 38.1 Å². The van der Waals surface area contributed by atoms with Crippen LogP contribution >= 0.6 is 0 Å². The maximum Gasteiger partial charge on any atom is 0.416 e. The molecule has 0 bridgehead atoms. The summed E-state index contributed by atoms with van der Waals surface area (Å²) in [7, 11) is 0. The number of nitrogens with zero attached hydrogens (tertiary/aromatic N) is 2. The van der Waals surface area contributed by atoms with E-state index in [2.05, 4.69) is 5.32 Å². The molecule has 0 radical (unpaired) electrons. The van der Waals surface area contributed by atoms with E-state index in [1.165, 1.54) is 0 Å². The Morgan fingerprint density at radius 3 is 2.02 bits per heavy atom. The number of fused-ring (bicyclic) bond motifs is 1. The second-order valence-corrected chi connectivity index (χ2v) is 10.0. The number of ether oxygens (including phenoxy) is 1. The number of carboxylic acid groups (broad SMARTS) is 1. The molecule has 2 amide bonds. The molecular formula is C30H25F6N3O6. The number of nitrogens with one attached hydrogen (secondary N) is 1. The number of ketones is 1. The van der Waals surface area contributed by atoms with E-state index in [1.54, 1.807) is 24.3 Å². The maximum absolute atomic E-state index is 13.1. The fourth-order valence-corrected chi connectivity index (χ4v) is 4.61. The number of hydrogen-bond donors (Lipinski definition) is 2. The van der Waals surface area contributed by atoms with E-state index in [1.807, 2.05) is 35.2 Å². The van der Waals surface area contributed by atoms with Crippen LogP contribution in [0.4, 0.5) is 37.7 Å². The number of carbonyl (C=O) groups is 4. The molecule has 45 heavy (non-hydrogen) atoms. The fourth-order valence-electron chi connectivity index (χ4n) is 4.61. The predicted octanol–water partition coefficient (Wildman–Crippen LogP) is 4.69. The Kier molecular flexibility index (Phi) is 9.69. The number of benzene rings is 3. The van der Waals surface area contributed by atoms with Crippen molar-refractivity contribution < 1.29 is 55.4 Å². The van der Waals surface area contributed by atoms with Gasteiger partial charge in [-0.2, -0.15) is 26.3 Å². The van der Waals surface area contributed by atoms with E-state index in [-0.39, 0.29) is 24.7 Å². The Balaban J connectivity index is 1.47. The van der Waals surface area contributed by atoms with Crippen molar-refractivity contribution in [2.75, 3.05) is 29.5 Å². The number of halogens is 6. The lowest BCUT2D eigenvalue weighted by Gasteiger charge is -2.37. The van der Waals surface area contributed by atoms with Crippen LogP contribution in [0.15, 0.2) is 72.8 Å². The van der Waals surface area contributed by atoms with Crippen LogP contribution in [0.5, 0.6) is 5.75 Å². The minimum absolute atomic E-state index is 0.0958. The summed E-state index contributed by atoms with van der Waals surface area (Å²) in [6, 6.07) is 14.7. The average molecular weight is 638 g/mol. The SMILES string of the molecule is O=C(O)CC(NC(=O)CN1C(=O)CN(Cc2ccccc2)c2ccccc21)C(=O)COc1cc(C(F)(F)F)cc(C(F)(F)F)c1. The van der Waals surface area contributed by atoms with E-state index >= 15 is 0 Å². The largest absolute Gasteiger partial charge is 0.486 e. The molecular weight excluding hydrogens is 612 g/mol. The lowest BCUT2D eigenvalue weighted by molar-refractivity contribution is -0.143. The zero-order chi connectivity index (χ0) is 32.9. The molecule has 1 atom stereocenters. The van der Waals surface area contributed by atoms with Gasteiger partial charge >= 0.3 is 18.3 Å². The van der Waals surface area contributed by atoms with Gasteiger partial charge in [0, 0.05) is 6.54 Å². The second kappa shape index (κ2) is 13.3. The topological polar surface area (TPSA) is 116 Å². The van der Waals surface area contributed by atoms with Gasteiger partial charge in [-0.05, 0) is 35.9 Å². The first-order valence-electron chi connectivity index (χ1n) is 13.3. The van der Waals surface area contributed by atoms with Gasteiger partial charge in [0.1, 0.15) is 24.9 Å². The summed E-state index contributed by atoms with van der Waals surface area (Å²) >= 11 is 0. The minimum atomic E-state index is -5.16. The van der Waals surface area contributed by atoms with Crippen molar-refractivity contribution in [1.82, 2.24) is 5.32 Å². The number of carboxylic acids is 1. The van der Waals surface area contributed by atoms with Crippen LogP contribution in [0.1, 0.15) is 23.1 Å². The van der Waals surface area contributed by atoms with Crippen molar-refractivity contribution in [3.8, 4) is 5.75 Å². The number of carbonyl (C=O) groups excluding carboxylic acids is 3. The first-order chi connectivity index (χ1) is 21.1. The van der Waals surface area contributed by atoms with Crippen molar-refractivity contribution >= 4 is 34.9 Å². The lowest BCUT2D eigenvalue weighted by Crippen LogP contribution is -2.52. The number of amides is 2. The monoisotopic (exact) mass is 637 g/mol. The molecule has 0 aliphatic carbocycles. The normalized spacial score (nSPS) is 14.0. The second-order valence-electron chi connectivity index (χ2n) is 10.0. The van der Waals surface area contributed by atoms with Crippen molar-refractivity contribution in [1.29, 1.82) is 0 Å². The Hall–Kier alpha value is -5.08. The Bertz CT molecular complexity index is 1550. The molecule has 0 spiro atoms. The van der Waals surface area contributed by atoms with Gasteiger partial charge in [0.25, 0.3) is 0 Å². The van der Waals surface area contributed by atoms with Gasteiger partial charge in [0.15, 0.2) is 5.78 Å². The van der Waals surface area contributed by atoms with Crippen LogP contribution < -0.4 is 19.9 Å².